The zero-order chi connectivity index (χ0) is 10.8. The van der Waals surface area contributed by atoms with E-state index in [-0.39, 0.29) is 5.78 Å². The maximum absolute atomic E-state index is 11.1. The van der Waals surface area contributed by atoms with Crippen LogP contribution < -0.4 is 0 Å². The van der Waals surface area contributed by atoms with Crippen molar-refractivity contribution in [1.82, 2.24) is 0 Å². The fourth-order valence-electron chi connectivity index (χ4n) is 1.37. The molecule has 0 atom stereocenters. The molecule has 0 aliphatic rings. The quantitative estimate of drug-likeness (QED) is 0.721. The van der Waals surface area contributed by atoms with Crippen LogP contribution in [0.5, 0.6) is 0 Å². The van der Waals surface area contributed by atoms with E-state index in [0.717, 1.165) is 5.56 Å². The lowest BCUT2D eigenvalue weighted by molar-refractivity contribution is 0.101. The van der Waals surface area contributed by atoms with Crippen molar-refractivity contribution < 1.29 is 9.21 Å². The Bertz CT molecular complexity index is 486. The average Bonchev–Trinajstić information content (AvgIpc) is 2.70. The van der Waals surface area contributed by atoms with Gasteiger partial charge in [-0.15, -0.1) is 0 Å². The molecule has 0 N–H and O–H groups in total. The summed E-state index contributed by atoms with van der Waals surface area (Å²) in [4.78, 5) is 11.1. The third kappa shape index (κ3) is 1.95. The maximum Gasteiger partial charge on any atom is 0.159 e. The first-order chi connectivity index (χ1) is 7.18. The normalized spacial score (nSPS) is 10.3. The first-order valence-electron chi connectivity index (χ1n) is 4.53. The summed E-state index contributed by atoms with van der Waals surface area (Å²) >= 11 is 6.05. The maximum atomic E-state index is 11.1. The van der Waals surface area contributed by atoms with Gasteiger partial charge in [0.25, 0.3) is 0 Å². The summed E-state index contributed by atoms with van der Waals surface area (Å²) in [6.45, 7) is 1.51. The molecule has 1 aromatic heterocycles. The van der Waals surface area contributed by atoms with Crippen LogP contribution in [0.15, 0.2) is 41.0 Å². The van der Waals surface area contributed by atoms with Crippen LogP contribution in [0.3, 0.4) is 0 Å². The largest absolute Gasteiger partial charge is 0.464 e. The number of hydrogen-bond donors (Lipinski definition) is 0. The number of halogens is 1. The van der Waals surface area contributed by atoms with E-state index in [9.17, 15) is 4.79 Å². The molecule has 2 nitrogen and oxygen atoms in total. The van der Waals surface area contributed by atoms with E-state index in [0.29, 0.717) is 16.3 Å². The first-order valence-corrected chi connectivity index (χ1v) is 4.90. The number of furan rings is 1. The lowest BCUT2D eigenvalue weighted by Crippen LogP contribution is -1.91. The molecule has 0 amide bonds. The van der Waals surface area contributed by atoms with Gasteiger partial charge in [-0.25, -0.2) is 0 Å². The van der Waals surface area contributed by atoms with Gasteiger partial charge in [-0.1, -0.05) is 17.7 Å². The van der Waals surface area contributed by atoms with Gasteiger partial charge in [0, 0.05) is 11.1 Å². The van der Waals surface area contributed by atoms with Crippen LogP contribution in [0.25, 0.3) is 11.3 Å². The van der Waals surface area contributed by atoms with Gasteiger partial charge < -0.3 is 4.42 Å². The summed E-state index contributed by atoms with van der Waals surface area (Å²) in [6, 6.07) is 8.81. The van der Waals surface area contributed by atoms with Crippen LogP contribution in [0.1, 0.15) is 17.3 Å². The minimum atomic E-state index is 0.00268. The van der Waals surface area contributed by atoms with Gasteiger partial charge in [0.15, 0.2) is 5.78 Å². The van der Waals surface area contributed by atoms with Crippen LogP contribution >= 0.6 is 11.6 Å². The Morgan fingerprint density at radius 2 is 2.13 bits per heavy atom. The number of carbonyl (C=O) groups is 1. The molecule has 76 valence electrons. The van der Waals surface area contributed by atoms with E-state index >= 15 is 0 Å². The van der Waals surface area contributed by atoms with Crippen molar-refractivity contribution in [3.63, 3.8) is 0 Å². The molecule has 0 saturated heterocycles. The number of hydrogen-bond acceptors (Lipinski definition) is 2. The lowest BCUT2D eigenvalue weighted by atomic mass is 10.1. The monoisotopic (exact) mass is 220 g/mol. The van der Waals surface area contributed by atoms with E-state index in [1.807, 2.05) is 6.07 Å². The second-order valence-corrected chi connectivity index (χ2v) is 3.64. The highest BCUT2D eigenvalue weighted by Crippen LogP contribution is 2.29. The summed E-state index contributed by atoms with van der Waals surface area (Å²) < 4.78 is 5.23. The predicted octanol–water partition coefficient (Wildman–Crippen LogP) is 3.80. The van der Waals surface area contributed by atoms with E-state index in [4.69, 9.17) is 16.0 Å². The fraction of sp³-hybridized carbons (Fsp3) is 0.0833. The third-order valence-electron chi connectivity index (χ3n) is 2.16. The Morgan fingerprint density at radius 1 is 1.33 bits per heavy atom. The van der Waals surface area contributed by atoms with Gasteiger partial charge in [0.05, 0.1) is 11.3 Å². The van der Waals surface area contributed by atoms with Crippen molar-refractivity contribution in [2.24, 2.45) is 0 Å². The van der Waals surface area contributed by atoms with Crippen molar-refractivity contribution >= 4 is 17.4 Å². The van der Waals surface area contributed by atoms with Gasteiger partial charge >= 0.3 is 0 Å². The molecule has 0 radical (unpaired) electrons. The zero-order valence-corrected chi connectivity index (χ0v) is 8.91. The summed E-state index contributed by atoms with van der Waals surface area (Å²) in [7, 11) is 0. The number of Topliss-reactive ketones (excluding diaryl/α,β-unsaturated/α-hetero) is 1. The molecule has 2 aromatic rings. The molecule has 1 aromatic carbocycles. The molecule has 0 spiro atoms. The fourth-order valence-corrected chi connectivity index (χ4v) is 1.64. The van der Waals surface area contributed by atoms with E-state index in [2.05, 4.69) is 0 Å². The van der Waals surface area contributed by atoms with Crippen molar-refractivity contribution in [1.29, 1.82) is 0 Å². The lowest BCUT2D eigenvalue weighted by Gasteiger charge is -2.02. The van der Waals surface area contributed by atoms with Crippen LogP contribution in [-0.4, -0.2) is 5.78 Å². The number of ketones is 1. The molecular weight excluding hydrogens is 212 g/mol. The van der Waals surface area contributed by atoms with Gasteiger partial charge in [-0.3, -0.25) is 4.79 Å². The van der Waals surface area contributed by atoms with Crippen molar-refractivity contribution in [2.45, 2.75) is 6.92 Å². The topological polar surface area (TPSA) is 30.2 Å². The molecule has 15 heavy (non-hydrogen) atoms. The van der Waals surface area contributed by atoms with E-state index in [1.165, 1.54) is 6.92 Å². The number of rotatable bonds is 2. The molecular formula is C12H9ClO2. The number of carbonyl (C=O) groups excluding carboxylic acids is 1. The molecule has 1 heterocycles. The molecule has 0 saturated carbocycles. The van der Waals surface area contributed by atoms with E-state index < -0.39 is 0 Å². The van der Waals surface area contributed by atoms with Gasteiger partial charge in [-0.2, -0.15) is 0 Å². The van der Waals surface area contributed by atoms with Crippen LogP contribution in [0, 0.1) is 0 Å². The minimum absolute atomic E-state index is 0.00268. The predicted molar refractivity (Wildman–Crippen MR) is 59.2 cm³/mol. The summed E-state index contributed by atoms with van der Waals surface area (Å²) in [5.74, 6) is 0.706. The van der Waals surface area contributed by atoms with Crippen LogP contribution in [-0.2, 0) is 0 Å². The zero-order valence-electron chi connectivity index (χ0n) is 8.16. The summed E-state index contributed by atoms with van der Waals surface area (Å²) in [5.41, 5.74) is 1.40. The second-order valence-electron chi connectivity index (χ2n) is 3.23. The molecule has 0 fully saturated rings. The Labute approximate surface area is 92.5 Å². The SMILES string of the molecule is CC(=O)c1ccc(-c2ccco2)c(Cl)c1. The van der Waals surface area contributed by atoms with Crippen molar-refractivity contribution in [3.05, 3.63) is 47.2 Å². The standard InChI is InChI=1S/C12H9ClO2/c1-8(14)9-4-5-10(11(13)7-9)12-3-2-6-15-12/h2-7H,1H3. The first kappa shape index (κ1) is 9.99. The molecule has 3 heteroatoms. The van der Waals surface area contributed by atoms with Gasteiger partial charge in [0.1, 0.15) is 5.76 Å². The van der Waals surface area contributed by atoms with Gasteiger partial charge in [0.2, 0.25) is 0 Å². The van der Waals surface area contributed by atoms with Crippen LogP contribution in [0.2, 0.25) is 5.02 Å². The number of benzene rings is 1. The molecule has 0 bridgehead atoms. The smallest absolute Gasteiger partial charge is 0.159 e. The molecule has 0 aliphatic heterocycles. The Hall–Kier alpha value is -1.54. The van der Waals surface area contributed by atoms with Crippen molar-refractivity contribution in [2.75, 3.05) is 0 Å². The molecule has 2 rings (SSSR count). The minimum Gasteiger partial charge on any atom is -0.464 e. The molecule has 0 unspecified atom stereocenters. The highest BCUT2D eigenvalue weighted by atomic mass is 35.5. The summed E-state index contributed by atoms with van der Waals surface area (Å²) in [5, 5.41) is 0.526. The Morgan fingerprint density at radius 3 is 2.67 bits per heavy atom. The summed E-state index contributed by atoms with van der Waals surface area (Å²) in [6.07, 6.45) is 1.59. The van der Waals surface area contributed by atoms with E-state index in [1.54, 1.807) is 30.5 Å². The Balaban J connectivity index is 2.48. The van der Waals surface area contributed by atoms with Crippen LogP contribution in [0.4, 0.5) is 0 Å². The third-order valence-corrected chi connectivity index (χ3v) is 2.47. The highest BCUT2D eigenvalue weighted by molar-refractivity contribution is 6.33. The Kier molecular flexibility index (Phi) is 2.60. The second kappa shape index (κ2) is 3.91. The van der Waals surface area contributed by atoms with Gasteiger partial charge in [-0.05, 0) is 31.2 Å². The van der Waals surface area contributed by atoms with Crippen molar-refractivity contribution in [3.8, 4) is 11.3 Å². The molecule has 0 aliphatic carbocycles. The highest BCUT2D eigenvalue weighted by Gasteiger charge is 2.08. The average molecular weight is 221 g/mol.